The summed E-state index contributed by atoms with van der Waals surface area (Å²) in [4.78, 5) is 13.5. The first-order valence-corrected chi connectivity index (χ1v) is 10.1. The Morgan fingerprint density at radius 1 is 1.19 bits per heavy atom. The van der Waals surface area contributed by atoms with Gasteiger partial charge in [-0.15, -0.1) is 22.7 Å². The number of hydrogen-bond donors (Lipinski definition) is 2. The Hall–Kier alpha value is -2.46. The van der Waals surface area contributed by atoms with Crippen molar-refractivity contribution in [2.75, 3.05) is 11.9 Å². The van der Waals surface area contributed by atoms with Crippen molar-refractivity contribution in [2.45, 2.75) is 19.4 Å². The summed E-state index contributed by atoms with van der Waals surface area (Å²) in [5.41, 5.74) is 2.99. The fourth-order valence-corrected chi connectivity index (χ4v) is 4.33. The van der Waals surface area contributed by atoms with Crippen molar-refractivity contribution in [3.05, 3.63) is 74.8 Å². The van der Waals surface area contributed by atoms with Crippen LogP contribution >= 0.6 is 22.7 Å². The second-order valence-electron chi connectivity index (χ2n) is 6.00. The second-order valence-corrected chi connectivity index (χ2v) is 7.90. The molecule has 0 saturated carbocycles. The number of hydrogen-bond acceptors (Lipinski definition) is 4. The highest BCUT2D eigenvalue weighted by Crippen LogP contribution is 2.23. The summed E-state index contributed by atoms with van der Waals surface area (Å²) in [6, 6.07) is 16.7. The summed E-state index contributed by atoms with van der Waals surface area (Å²) in [6.07, 6.45) is 0.399. The van der Waals surface area contributed by atoms with E-state index in [1.807, 2.05) is 5.38 Å². The van der Waals surface area contributed by atoms with Crippen LogP contribution in [-0.2, 0) is 4.79 Å². The van der Waals surface area contributed by atoms with Gasteiger partial charge in [0.25, 0.3) is 0 Å². The largest absolute Gasteiger partial charge is 0.335 e. The van der Waals surface area contributed by atoms with E-state index in [4.69, 9.17) is 5.26 Å². The zero-order valence-corrected chi connectivity index (χ0v) is 16.1. The molecule has 0 unspecified atom stereocenters. The number of nitrogens with two attached hydrogens (primary N) is 1. The standard InChI is InChI=1S/C20H19N3OS2/c1-14-4-6-15(7-5-14)19(17-3-2-11-25-17)22-10-8-18(24)23-20-16(13-21)9-12-26-20/h2-7,9,11-12,19,22H,8,10H2,1H3,(H,23,24)/p+1/t19-/m0/s1. The maximum atomic E-state index is 12.2. The molecule has 3 N–H and O–H groups in total. The van der Waals surface area contributed by atoms with Gasteiger partial charge in [0.2, 0.25) is 5.91 Å². The number of nitrogens with zero attached hydrogens (tertiary/aromatic N) is 1. The molecule has 0 aliphatic heterocycles. The number of nitrogens with one attached hydrogen (secondary N) is 1. The first-order chi connectivity index (χ1) is 12.7. The highest BCUT2D eigenvalue weighted by molar-refractivity contribution is 7.14. The van der Waals surface area contributed by atoms with Gasteiger partial charge in [0.05, 0.1) is 23.4 Å². The zero-order chi connectivity index (χ0) is 18.4. The number of carbonyl (C=O) groups is 1. The lowest BCUT2D eigenvalue weighted by Crippen LogP contribution is -2.85. The SMILES string of the molecule is Cc1ccc([C@H]([NH2+]CCC(=O)Nc2sccc2C#N)c2cccs2)cc1. The first-order valence-electron chi connectivity index (χ1n) is 8.38. The molecule has 3 rings (SSSR count). The lowest BCUT2D eigenvalue weighted by Gasteiger charge is -2.15. The predicted octanol–water partition coefficient (Wildman–Crippen LogP) is 3.67. The Balaban J connectivity index is 1.61. The molecule has 2 heterocycles. The van der Waals surface area contributed by atoms with Crippen molar-refractivity contribution in [1.82, 2.24) is 0 Å². The Bertz CT molecular complexity index is 892. The van der Waals surface area contributed by atoms with Crippen molar-refractivity contribution in [3.8, 4) is 6.07 Å². The monoisotopic (exact) mass is 382 g/mol. The molecule has 0 saturated heterocycles. The molecule has 4 nitrogen and oxygen atoms in total. The molecule has 0 radical (unpaired) electrons. The molecule has 1 amide bonds. The average molecular weight is 383 g/mol. The van der Waals surface area contributed by atoms with Crippen LogP contribution in [0.5, 0.6) is 0 Å². The Morgan fingerprint density at radius 3 is 2.69 bits per heavy atom. The molecule has 3 aromatic rings. The van der Waals surface area contributed by atoms with Gasteiger partial charge in [-0.3, -0.25) is 4.79 Å². The minimum absolute atomic E-state index is 0.0611. The van der Waals surface area contributed by atoms with E-state index in [-0.39, 0.29) is 11.9 Å². The number of aryl methyl sites for hydroxylation is 1. The number of benzene rings is 1. The molecule has 0 fully saturated rings. The number of anilines is 1. The highest BCUT2D eigenvalue weighted by atomic mass is 32.1. The van der Waals surface area contributed by atoms with E-state index >= 15 is 0 Å². The van der Waals surface area contributed by atoms with Crippen molar-refractivity contribution in [2.24, 2.45) is 0 Å². The van der Waals surface area contributed by atoms with E-state index in [2.05, 4.69) is 65.4 Å². The predicted molar refractivity (Wildman–Crippen MR) is 106 cm³/mol. The Kier molecular flexibility index (Phi) is 6.18. The number of rotatable bonds is 7. The molecule has 0 spiro atoms. The second kappa shape index (κ2) is 8.77. The van der Waals surface area contributed by atoms with Crippen LogP contribution in [0.15, 0.2) is 53.2 Å². The number of quaternary nitrogens is 1. The summed E-state index contributed by atoms with van der Waals surface area (Å²) in [7, 11) is 0. The summed E-state index contributed by atoms with van der Waals surface area (Å²) < 4.78 is 0. The van der Waals surface area contributed by atoms with Crippen molar-refractivity contribution in [1.29, 1.82) is 5.26 Å². The summed E-state index contributed by atoms with van der Waals surface area (Å²) in [5, 5.41) is 18.6. The van der Waals surface area contributed by atoms with Crippen LogP contribution in [0.4, 0.5) is 5.00 Å². The number of thiophene rings is 2. The first kappa shape index (κ1) is 18.3. The quantitative estimate of drug-likeness (QED) is 0.654. The van der Waals surface area contributed by atoms with Crippen molar-refractivity contribution in [3.63, 3.8) is 0 Å². The number of nitriles is 1. The van der Waals surface area contributed by atoms with Crippen LogP contribution < -0.4 is 10.6 Å². The van der Waals surface area contributed by atoms with Gasteiger partial charge in [0.15, 0.2) is 0 Å². The Morgan fingerprint density at radius 2 is 2.00 bits per heavy atom. The smallest absolute Gasteiger partial charge is 0.230 e. The molecule has 1 aromatic carbocycles. The summed E-state index contributed by atoms with van der Waals surface area (Å²) in [6.45, 7) is 2.76. The van der Waals surface area contributed by atoms with Crippen LogP contribution in [0.25, 0.3) is 0 Å². The van der Waals surface area contributed by atoms with Gasteiger partial charge in [-0.25, -0.2) is 0 Å². The Labute approximate surface area is 161 Å². The minimum atomic E-state index is -0.0611. The third kappa shape index (κ3) is 4.58. The fraction of sp³-hybridized carbons (Fsp3) is 0.200. The van der Waals surface area contributed by atoms with Gasteiger partial charge in [-0.1, -0.05) is 35.9 Å². The summed E-state index contributed by atoms with van der Waals surface area (Å²) >= 11 is 3.11. The van der Waals surface area contributed by atoms with E-state index in [0.29, 0.717) is 23.5 Å². The fourth-order valence-electron chi connectivity index (χ4n) is 2.72. The lowest BCUT2D eigenvalue weighted by molar-refractivity contribution is -0.685. The van der Waals surface area contributed by atoms with E-state index in [9.17, 15) is 4.79 Å². The normalized spacial score (nSPS) is 11.7. The van der Waals surface area contributed by atoms with Crippen molar-refractivity contribution < 1.29 is 10.1 Å². The van der Waals surface area contributed by atoms with Crippen LogP contribution in [0.2, 0.25) is 0 Å². The zero-order valence-electron chi connectivity index (χ0n) is 14.4. The molecule has 132 valence electrons. The molecule has 1 atom stereocenters. The van der Waals surface area contributed by atoms with E-state index in [1.54, 1.807) is 17.4 Å². The van der Waals surface area contributed by atoms with Crippen LogP contribution in [0, 0.1) is 18.3 Å². The van der Waals surface area contributed by atoms with Crippen molar-refractivity contribution >= 4 is 33.6 Å². The molecular weight excluding hydrogens is 362 g/mol. The van der Waals surface area contributed by atoms with Gasteiger partial charge in [-0.2, -0.15) is 5.26 Å². The third-order valence-corrected chi connectivity index (χ3v) is 5.88. The highest BCUT2D eigenvalue weighted by Gasteiger charge is 2.19. The van der Waals surface area contributed by atoms with Crippen LogP contribution in [0.3, 0.4) is 0 Å². The molecule has 0 aliphatic carbocycles. The van der Waals surface area contributed by atoms with Crippen LogP contribution in [-0.4, -0.2) is 12.5 Å². The molecule has 0 aliphatic rings. The van der Waals surface area contributed by atoms with Gasteiger partial charge in [-0.05, 0) is 29.8 Å². The third-order valence-electron chi connectivity index (χ3n) is 4.10. The van der Waals surface area contributed by atoms with Gasteiger partial charge in [0.1, 0.15) is 17.1 Å². The molecule has 2 aromatic heterocycles. The van der Waals surface area contributed by atoms with Crippen LogP contribution in [0.1, 0.15) is 34.0 Å². The number of carbonyl (C=O) groups excluding carboxylic acids is 1. The lowest BCUT2D eigenvalue weighted by atomic mass is 10.0. The van der Waals surface area contributed by atoms with Gasteiger partial charge in [0, 0.05) is 5.56 Å². The molecular formula is C20H20N3OS2+. The molecule has 6 heteroatoms. The van der Waals surface area contributed by atoms with Gasteiger partial charge < -0.3 is 10.6 Å². The van der Waals surface area contributed by atoms with Gasteiger partial charge >= 0.3 is 0 Å². The maximum Gasteiger partial charge on any atom is 0.230 e. The summed E-state index contributed by atoms with van der Waals surface area (Å²) in [5.74, 6) is -0.0611. The molecule has 26 heavy (non-hydrogen) atoms. The number of amides is 1. The topological polar surface area (TPSA) is 69.5 Å². The van der Waals surface area contributed by atoms with E-state index in [0.717, 1.165) is 0 Å². The minimum Gasteiger partial charge on any atom is -0.335 e. The van der Waals surface area contributed by atoms with E-state index in [1.165, 1.54) is 27.3 Å². The molecule has 0 bridgehead atoms. The maximum absolute atomic E-state index is 12.2. The van der Waals surface area contributed by atoms with E-state index < -0.39 is 0 Å². The average Bonchev–Trinajstić information content (AvgIpc) is 3.31.